The average Bonchev–Trinajstić information content (AvgIpc) is 2.96. The van der Waals surface area contributed by atoms with E-state index in [9.17, 15) is 4.79 Å². The number of nitrogens with one attached hydrogen (secondary N) is 2. The zero-order valence-electron chi connectivity index (χ0n) is 11.9. The van der Waals surface area contributed by atoms with E-state index >= 15 is 0 Å². The van der Waals surface area contributed by atoms with Crippen LogP contribution in [0.1, 0.15) is 51.4 Å². The smallest absolute Gasteiger partial charge is 0.220 e. The second-order valence-corrected chi connectivity index (χ2v) is 6.56. The number of fused-ring (bicyclic) bond motifs is 2. The predicted octanol–water partition coefficient (Wildman–Crippen LogP) is 1.59. The van der Waals surface area contributed by atoms with E-state index in [1.807, 2.05) is 0 Å². The molecular formula is C15H26N2O2. The van der Waals surface area contributed by atoms with Crippen molar-refractivity contribution >= 4 is 5.91 Å². The summed E-state index contributed by atoms with van der Waals surface area (Å²) in [5.41, 5.74) is 0. The minimum absolute atomic E-state index is 0.230. The first-order valence-electron chi connectivity index (χ1n) is 7.83. The molecule has 19 heavy (non-hydrogen) atoms. The summed E-state index contributed by atoms with van der Waals surface area (Å²) in [7, 11) is 1.75. The van der Waals surface area contributed by atoms with Crippen LogP contribution in [0.5, 0.6) is 0 Å². The first kappa shape index (κ1) is 13.4. The van der Waals surface area contributed by atoms with E-state index in [4.69, 9.17) is 4.74 Å². The third-order valence-electron chi connectivity index (χ3n) is 5.15. The summed E-state index contributed by atoms with van der Waals surface area (Å²) in [6.45, 7) is 0. The third kappa shape index (κ3) is 3.11. The van der Waals surface area contributed by atoms with Crippen LogP contribution in [0.4, 0.5) is 0 Å². The van der Waals surface area contributed by atoms with E-state index in [0.29, 0.717) is 24.4 Å². The summed E-state index contributed by atoms with van der Waals surface area (Å²) in [4.78, 5) is 12.2. The molecule has 1 aliphatic carbocycles. The second kappa shape index (κ2) is 5.80. The molecule has 0 aromatic heterocycles. The lowest BCUT2D eigenvalue weighted by Gasteiger charge is -2.29. The molecule has 0 aromatic carbocycles. The Bertz CT molecular complexity index is 322. The quantitative estimate of drug-likeness (QED) is 0.812. The van der Waals surface area contributed by atoms with Crippen molar-refractivity contribution in [2.45, 2.75) is 75.6 Å². The molecule has 2 aliphatic heterocycles. The van der Waals surface area contributed by atoms with E-state index in [2.05, 4.69) is 10.6 Å². The largest absolute Gasteiger partial charge is 0.379 e. The lowest BCUT2D eigenvalue weighted by molar-refractivity contribution is -0.123. The molecular weight excluding hydrogens is 240 g/mol. The molecule has 4 nitrogen and oxygen atoms in total. The summed E-state index contributed by atoms with van der Waals surface area (Å²) in [5, 5.41) is 6.82. The maximum Gasteiger partial charge on any atom is 0.220 e. The molecule has 3 rings (SSSR count). The topological polar surface area (TPSA) is 50.4 Å². The van der Waals surface area contributed by atoms with Crippen LogP contribution in [-0.2, 0) is 9.53 Å². The van der Waals surface area contributed by atoms with Crippen LogP contribution >= 0.6 is 0 Å². The zero-order valence-corrected chi connectivity index (χ0v) is 11.9. The maximum atomic E-state index is 12.2. The number of carbonyl (C=O) groups is 1. The molecule has 0 radical (unpaired) electrons. The molecule has 0 aromatic rings. The highest BCUT2D eigenvalue weighted by atomic mass is 16.5. The molecule has 4 atom stereocenters. The van der Waals surface area contributed by atoms with Crippen LogP contribution in [0.25, 0.3) is 0 Å². The fraction of sp³-hybridized carbons (Fsp3) is 0.933. The van der Waals surface area contributed by atoms with Gasteiger partial charge in [0.2, 0.25) is 5.91 Å². The fourth-order valence-electron chi connectivity index (χ4n) is 4.24. The van der Waals surface area contributed by atoms with E-state index in [-0.39, 0.29) is 18.1 Å². The second-order valence-electron chi connectivity index (χ2n) is 6.56. The lowest BCUT2D eigenvalue weighted by Crippen LogP contribution is -2.43. The predicted molar refractivity (Wildman–Crippen MR) is 73.9 cm³/mol. The van der Waals surface area contributed by atoms with Gasteiger partial charge >= 0.3 is 0 Å². The Hall–Kier alpha value is -0.610. The number of hydrogen-bond donors (Lipinski definition) is 2. The first-order chi connectivity index (χ1) is 9.24. The number of methoxy groups -OCH3 is 1. The van der Waals surface area contributed by atoms with Gasteiger partial charge in [0, 0.05) is 25.6 Å². The van der Waals surface area contributed by atoms with Crippen molar-refractivity contribution in [2.24, 2.45) is 5.92 Å². The number of hydrogen-bond acceptors (Lipinski definition) is 3. The molecule has 1 amide bonds. The molecule has 1 saturated carbocycles. The van der Waals surface area contributed by atoms with Crippen LogP contribution in [0, 0.1) is 5.92 Å². The minimum atomic E-state index is 0.230. The summed E-state index contributed by atoms with van der Waals surface area (Å²) in [6, 6.07) is 1.60. The Morgan fingerprint density at radius 2 is 1.95 bits per heavy atom. The van der Waals surface area contributed by atoms with Gasteiger partial charge in [-0.1, -0.05) is 0 Å². The van der Waals surface area contributed by atoms with Crippen molar-refractivity contribution in [3.8, 4) is 0 Å². The van der Waals surface area contributed by atoms with Crippen LogP contribution in [0.3, 0.4) is 0 Å². The van der Waals surface area contributed by atoms with Crippen molar-refractivity contribution < 1.29 is 9.53 Å². The Labute approximate surface area is 115 Å². The van der Waals surface area contributed by atoms with E-state index < -0.39 is 0 Å². The Morgan fingerprint density at radius 3 is 2.63 bits per heavy atom. The number of ether oxygens (including phenoxy) is 1. The van der Waals surface area contributed by atoms with E-state index in [1.165, 1.54) is 32.1 Å². The summed E-state index contributed by atoms with van der Waals surface area (Å²) in [6.07, 6.45) is 9.23. The monoisotopic (exact) mass is 266 g/mol. The highest BCUT2D eigenvalue weighted by Crippen LogP contribution is 2.32. The van der Waals surface area contributed by atoms with Crippen molar-refractivity contribution in [2.75, 3.05) is 7.11 Å². The number of amides is 1. The SMILES string of the molecule is COC1CCCC1NC(=O)CC1CC2CCC(C1)N2. The standard InChI is InChI=1S/C15H26N2O2/c1-19-14-4-2-3-13(14)17-15(18)9-10-7-11-5-6-12(8-10)16-11/h10-14,16H,2-9H2,1H3,(H,17,18). The highest BCUT2D eigenvalue weighted by Gasteiger charge is 2.35. The van der Waals surface area contributed by atoms with Gasteiger partial charge in [0.25, 0.3) is 0 Å². The Kier molecular flexibility index (Phi) is 4.08. The van der Waals surface area contributed by atoms with E-state index in [0.717, 1.165) is 12.8 Å². The molecule has 2 heterocycles. The van der Waals surface area contributed by atoms with Crippen molar-refractivity contribution in [1.82, 2.24) is 10.6 Å². The van der Waals surface area contributed by atoms with Crippen LogP contribution in [0.15, 0.2) is 0 Å². The lowest BCUT2D eigenvalue weighted by atomic mass is 9.89. The number of piperidine rings is 1. The van der Waals surface area contributed by atoms with Gasteiger partial charge < -0.3 is 15.4 Å². The van der Waals surface area contributed by atoms with Gasteiger partial charge in [-0.15, -0.1) is 0 Å². The maximum absolute atomic E-state index is 12.2. The minimum Gasteiger partial charge on any atom is -0.379 e. The highest BCUT2D eigenvalue weighted by molar-refractivity contribution is 5.76. The first-order valence-corrected chi connectivity index (χ1v) is 7.83. The molecule has 3 aliphatic rings. The van der Waals surface area contributed by atoms with Gasteiger partial charge in [-0.2, -0.15) is 0 Å². The van der Waals surface area contributed by atoms with Crippen molar-refractivity contribution in [3.63, 3.8) is 0 Å². The summed E-state index contributed by atoms with van der Waals surface area (Å²) >= 11 is 0. The van der Waals surface area contributed by atoms with Gasteiger partial charge in [0.15, 0.2) is 0 Å². The van der Waals surface area contributed by atoms with Gasteiger partial charge in [0.05, 0.1) is 12.1 Å². The molecule has 4 unspecified atom stereocenters. The van der Waals surface area contributed by atoms with Crippen LogP contribution in [-0.4, -0.2) is 37.2 Å². The molecule has 2 N–H and O–H groups in total. The van der Waals surface area contributed by atoms with Gasteiger partial charge in [0.1, 0.15) is 0 Å². The number of carbonyl (C=O) groups excluding carboxylic acids is 1. The zero-order chi connectivity index (χ0) is 13.2. The van der Waals surface area contributed by atoms with Crippen LogP contribution < -0.4 is 10.6 Å². The van der Waals surface area contributed by atoms with Crippen molar-refractivity contribution in [1.29, 1.82) is 0 Å². The average molecular weight is 266 g/mol. The van der Waals surface area contributed by atoms with Crippen molar-refractivity contribution in [3.05, 3.63) is 0 Å². The Balaban J connectivity index is 1.46. The summed E-state index contributed by atoms with van der Waals surface area (Å²) in [5.74, 6) is 0.821. The summed E-state index contributed by atoms with van der Waals surface area (Å²) < 4.78 is 5.43. The molecule has 108 valence electrons. The molecule has 0 spiro atoms. The van der Waals surface area contributed by atoms with Crippen LogP contribution in [0.2, 0.25) is 0 Å². The van der Waals surface area contributed by atoms with Gasteiger partial charge in [-0.05, 0) is 50.9 Å². The third-order valence-corrected chi connectivity index (χ3v) is 5.15. The number of rotatable bonds is 4. The fourth-order valence-corrected chi connectivity index (χ4v) is 4.24. The van der Waals surface area contributed by atoms with Gasteiger partial charge in [-0.3, -0.25) is 4.79 Å². The van der Waals surface area contributed by atoms with Gasteiger partial charge in [-0.25, -0.2) is 0 Å². The molecule has 3 fully saturated rings. The molecule has 4 heteroatoms. The molecule has 2 bridgehead atoms. The Morgan fingerprint density at radius 1 is 1.21 bits per heavy atom. The normalized spacial score (nSPS) is 41.4. The molecule has 2 saturated heterocycles. The van der Waals surface area contributed by atoms with E-state index in [1.54, 1.807) is 7.11 Å².